The quantitative estimate of drug-likeness (QED) is 0.484. The highest BCUT2D eigenvalue weighted by atomic mass is 28.4. The van der Waals surface area contributed by atoms with E-state index in [1.54, 1.807) is 6.92 Å². The number of benzene rings is 2. The monoisotopic (exact) mass is 416 g/mol. The van der Waals surface area contributed by atoms with Crippen LogP contribution < -0.4 is 10.4 Å². The zero-order valence-electron chi connectivity index (χ0n) is 17.7. The van der Waals surface area contributed by atoms with E-state index in [9.17, 15) is 15.0 Å². The van der Waals surface area contributed by atoms with Gasteiger partial charge in [-0.3, -0.25) is 0 Å². The van der Waals surface area contributed by atoms with Crippen molar-refractivity contribution in [1.29, 1.82) is 0 Å². The van der Waals surface area contributed by atoms with E-state index in [2.05, 4.69) is 45.0 Å². The van der Waals surface area contributed by atoms with Gasteiger partial charge < -0.3 is 19.4 Å². The Morgan fingerprint density at radius 3 is 1.86 bits per heavy atom. The fourth-order valence-electron chi connectivity index (χ4n) is 3.64. The first-order valence-corrected chi connectivity index (χ1v) is 11.9. The maximum atomic E-state index is 11.7. The molecule has 158 valence electrons. The first-order valence-electron chi connectivity index (χ1n) is 10.0. The molecule has 6 heteroatoms. The number of aliphatic hydroxyl groups is 2. The van der Waals surface area contributed by atoms with Gasteiger partial charge in [0.2, 0.25) is 0 Å². The van der Waals surface area contributed by atoms with Crippen LogP contribution in [0.15, 0.2) is 60.7 Å². The van der Waals surface area contributed by atoms with Gasteiger partial charge in [-0.1, -0.05) is 81.4 Å². The standard InChI is InChI=1S/C23H32O5Si/c1-5-27-22(26)21(25)20(24)16-17-28-29(23(2,3)4,18-12-8-6-9-13-18)19-14-10-7-11-15-19/h6-15,20-21,24-25H,5,16-17H2,1-4H3/t20-,21+/m1/s1. The van der Waals surface area contributed by atoms with Gasteiger partial charge in [0.05, 0.1) is 12.7 Å². The zero-order chi connectivity index (χ0) is 21.5. The lowest BCUT2D eigenvalue weighted by molar-refractivity contribution is -0.159. The molecule has 0 spiro atoms. The van der Waals surface area contributed by atoms with Crippen molar-refractivity contribution in [2.24, 2.45) is 0 Å². The SMILES string of the molecule is CCOC(=O)[C@@H](O)[C@H](O)CCO[Si](c1ccccc1)(c1ccccc1)C(C)(C)C. The molecule has 0 aliphatic carbocycles. The third kappa shape index (κ3) is 5.33. The van der Waals surface area contributed by atoms with Gasteiger partial charge in [-0.05, 0) is 28.8 Å². The van der Waals surface area contributed by atoms with Gasteiger partial charge in [-0.25, -0.2) is 4.79 Å². The Kier molecular flexibility index (Phi) is 8.16. The lowest BCUT2D eigenvalue weighted by Crippen LogP contribution is -2.66. The molecule has 0 aliphatic heterocycles. The predicted octanol–water partition coefficient (Wildman–Crippen LogP) is 2.24. The summed E-state index contributed by atoms with van der Waals surface area (Å²) < 4.78 is 11.4. The fourth-order valence-corrected chi connectivity index (χ4v) is 8.22. The molecular weight excluding hydrogens is 384 g/mol. The van der Waals surface area contributed by atoms with Gasteiger partial charge in [0, 0.05) is 6.61 Å². The molecule has 2 rings (SSSR count). The number of ether oxygens (including phenoxy) is 1. The summed E-state index contributed by atoms with van der Waals surface area (Å²) in [7, 11) is -2.70. The largest absolute Gasteiger partial charge is 0.464 e. The molecule has 0 amide bonds. The Morgan fingerprint density at radius 2 is 1.45 bits per heavy atom. The van der Waals surface area contributed by atoms with Crippen molar-refractivity contribution < 1.29 is 24.2 Å². The normalized spacial score (nSPS) is 14.3. The summed E-state index contributed by atoms with van der Waals surface area (Å²) in [6, 6.07) is 20.4. The van der Waals surface area contributed by atoms with E-state index < -0.39 is 26.5 Å². The molecule has 0 unspecified atom stereocenters. The number of hydrogen-bond donors (Lipinski definition) is 2. The van der Waals surface area contributed by atoms with Gasteiger partial charge in [-0.2, -0.15) is 0 Å². The summed E-state index contributed by atoms with van der Waals surface area (Å²) in [5, 5.41) is 22.3. The van der Waals surface area contributed by atoms with E-state index in [0.717, 1.165) is 10.4 Å². The molecule has 0 bridgehead atoms. The van der Waals surface area contributed by atoms with Crippen molar-refractivity contribution in [2.45, 2.75) is 51.4 Å². The smallest absolute Gasteiger partial charge is 0.337 e. The van der Waals surface area contributed by atoms with Gasteiger partial charge in [0.1, 0.15) is 0 Å². The lowest BCUT2D eigenvalue weighted by Gasteiger charge is -2.43. The second kappa shape index (κ2) is 10.2. The highest BCUT2D eigenvalue weighted by Crippen LogP contribution is 2.36. The molecule has 0 radical (unpaired) electrons. The van der Waals surface area contributed by atoms with Crippen molar-refractivity contribution >= 4 is 24.7 Å². The Balaban J connectivity index is 2.31. The van der Waals surface area contributed by atoms with Crippen LogP contribution in [0.1, 0.15) is 34.1 Å². The minimum Gasteiger partial charge on any atom is -0.464 e. The van der Waals surface area contributed by atoms with Crippen molar-refractivity contribution in [2.75, 3.05) is 13.2 Å². The molecule has 5 nitrogen and oxygen atoms in total. The predicted molar refractivity (Wildman–Crippen MR) is 117 cm³/mol. The molecule has 29 heavy (non-hydrogen) atoms. The number of carbonyl (C=O) groups is 1. The second-order valence-electron chi connectivity index (χ2n) is 8.06. The van der Waals surface area contributed by atoms with Crippen LogP contribution in [0, 0.1) is 0 Å². The number of rotatable bonds is 9. The molecule has 0 fully saturated rings. The van der Waals surface area contributed by atoms with Crippen molar-refractivity contribution in [3.05, 3.63) is 60.7 Å². The van der Waals surface area contributed by atoms with E-state index >= 15 is 0 Å². The minimum atomic E-state index is -2.70. The second-order valence-corrected chi connectivity index (χ2v) is 12.4. The first kappa shape index (κ1) is 23.3. The molecule has 0 aliphatic rings. The van der Waals surface area contributed by atoms with E-state index in [-0.39, 0.29) is 24.7 Å². The molecule has 2 N–H and O–H groups in total. The van der Waals surface area contributed by atoms with E-state index in [0.29, 0.717) is 0 Å². The van der Waals surface area contributed by atoms with Gasteiger partial charge in [0.25, 0.3) is 8.32 Å². The minimum absolute atomic E-state index is 0.129. The Hall–Kier alpha value is -1.99. The average molecular weight is 417 g/mol. The summed E-state index contributed by atoms with van der Waals surface area (Å²) >= 11 is 0. The summed E-state index contributed by atoms with van der Waals surface area (Å²) in [6.45, 7) is 8.53. The van der Waals surface area contributed by atoms with Crippen LogP contribution in [-0.4, -0.2) is 49.9 Å². The van der Waals surface area contributed by atoms with Crippen LogP contribution in [0.2, 0.25) is 5.04 Å². The van der Waals surface area contributed by atoms with E-state index in [1.807, 2.05) is 36.4 Å². The summed E-state index contributed by atoms with van der Waals surface area (Å²) in [6.07, 6.45) is -2.69. The molecule has 2 aromatic carbocycles. The van der Waals surface area contributed by atoms with E-state index in [1.165, 1.54) is 0 Å². The Morgan fingerprint density at radius 1 is 0.966 bits per heavy atom. The first-order chi connectivity index (χ1) is 13.7. The third-order valence-electron chi connectivity index (χ3n) is 5.04. The molecule has 0 saturated heterocycles. The summed E-state index contributed by atoms with van der Waals surface area (Å²) in [5.74, 6) is -0.814. The van der Waals surface area contributed by atoms with Crippen molar-refractivity contribution in [3.63, 3.8) is 0 Å². The zero-order valence-corrected chi connectivity index (χ0v) is 18.7. The number of esters is 1. The van der Waals surface area contributed by atoms with Crippen LogP contribution in [0.25, 0.3) is 0 Å². The van der Waals surface area contributed by atoms with Gasteiger partial charge in [-0.15, -0.1) is 0 Å². The molecule has 0 aromatic heterocycles. The van der Waals surface area contributed by atoms with Gasteiger partial charge in [0.15, 0.2) is 6.10 Å². The number of aliphatic hydroxyl groups excluding tert-OH is 2. The van der Waals surface area contributed by atoms with Crippen molar-refractivity contribution in [1.82, 2.24) is 0 Å². The summed E-state index contributed by atoms with van der Waals surface area (Å²) in [5.41, 5.74) is 0. The van der Waals surface area contributed by atoms with Crippen LogP contribution >= 0.6 is 0 Å². The highest BCUT2D eigenvalue weighted by Gasteiger charge is 2.50. The van der Waals surface area contributed by atoms with Crippen LogP contribution in [0.5, 0.6) is 0 Å². The van der Waals surface area contributed by atoms with Crippen LogP contribution in [0.3, 0.4) is 0 Å². The average Bonchev–Trinajstić information content (AvgIpc) is 2.71. The molecule has 2 atom stereocenters. The molecule has 0 saturated carbocycles. The fraction of sp³-hybridized carbons (Fsp3) is 0.435. The maximum absolute atomic E-state index is 11.7. The third-order valence-corrected chi connectivity index (χ3v) is 10.1. The maximum Gasteiger partial charge on any atom is 0.337 e. The molecule has 2 aromatic rings. The van der Waals surface area contributed by atoms with Crippen LogP contribution in [0.4, 0.5) is 0 Å². The number of carbonyl (C=O) groups excluding carboxylic acids is 1. The summed E-state index contributed by atoms with van der Waals surface area (Å²) in [4.78, 5) is 11.7. The van der Waals surface area contributed by atoms with Gasteiger partial charge >= 0.3 is 5.97 Å². The lowest BCUT2D eigenvalue weighted by atomic mass is 10.1. The number of hydrogen-bond acceptors (Lipinski definition) is 5. The highest BCUT2D eigenvalue weighted by molar-refractivity contribution is 6.99. The Labute approximate surface area is 174 Å². The molecular formula is C23H32O5Si. The molecule has 0 heterocycles. The van der Waals surface area contributed by atoms with E-state index in [4.69, 9.17) is 9.16 Å². The van der Waals surface area contributed by atoms with Crippen molar-refractivity contribution in [3.8, 4) is 0 Å². The Bertz CT molecular complexity index is 718. The van der Waals surface area contributed by atoms with Crippen LogP contribution in [-0.2, 0) is 14.0 Å². The topological polar surface area (TPSA) is 76.0 Å².